The van der Waals surface area contributed by atoms with Crippen molar-refractivity contribution in [3.63, 3.8) is 0 Å². The third-order valence-corrected chi connectivity index (χ3v) is 3.29. The number of benzene rings is 1. The van der Waals surface area contributed by atoms with E-state index in [1.807, 2.05) is 39.2 Å². The second kappa shape index (κ2) is 5.42. The molecule has 3 N–H and O–H groups in total. The lowest BCUT2D eigenvalue weighted by molar-refractivity contribution is 0.411. The molecular formula is C14H20N4O. The van der Waals surface area contributed by atoms with Crippen molar-refractivity contribution >= 4 is 0 Å². The van der Waals surface area contributed by atoms with E-state index in [2.05, 4.69) is 16.6 Å². The molecule has 0 radical (unpaired) electrons. The second-order valence-corrected chi connectivity index (χ2v) is 4.69. The van der Waals surface area contributed by atoms with Gasteiger partial charge in [0.05, 0.1) is 18.8 Å². The number of rotatable bonds is 4. The van der Waals surface area contributed by atoms with E-state index in [4.69, 9.17) is 10.6 Å². The Morgan fingerprint density at radius 3 is 2.58 bits per heavy atom. The largest absolute Gasteiger partial charge is 0.496 e. The van der Waals surface area contributed by atoms with Gasteiger partial charge in [0.25, 0.3) is 0 Å². The van der Waals surface area contributed by atoms with Crippen LogP contribution in [0.25, 0.3) is 0 Å². The first-order valence-corrected chi connectivity index (χ1v) is 6.17. The van der Waals surface area contributed by atoms with Gasteiger partial charge < -0.3 is 4.74 Å². The molecule has 0 aliphatic heterocycles. The number of nitrogens with one attached hydrogen (secondary N) is 1. The van der Waals surface area contributed by atoms with Crippen LogP contribution in [0.4, 0.5) is 0 Å². The van der Waals surface area contributed by atoms with Crippen LogP contribution in [0.1, 0.15) is 28.4 Å². The average Bonchev–Trinajstić information content (AvgIpc) is 2.80. The first kappa shape index (κ1) is 13.6. The van der Waals surface area contributed by atoms with E-state index < -0.39 is 0 Å². The van der Waals surface area contributed by atoms with Crippen LogP contribution in [0.2, 0.25) is 0 Å². The minimum absolute atomic E-state index is 0.120. The van der Waals surface area contributed by atoms with Crippen molar-refractivity contribution in [1.29, 1.82) is 0 Å². The van der Waals surface area contributed by atoms with E-state index in [0.717, 1.165) is 28.1 Å². The van der Waals surface area contributed by atoms with Crippen LogP contribution in [-0.2, 0) is 7.05 Å². The molecule has 19 heavy (non-hydrogen) atoms. The van der Waals surface area contributed by atoms with Crippen molar-refractivity contribution in [2.75, 3.05) is 7.11 Å². The zero-order valence-electron chi connectivity index (χ0n) is 11.8. The van der Waals surface area contributed by atoms with Gasteiger partial charge in [-0.05, 0) is 42.7 Å². The molecule has 102 valence electrons. The van der Waals surface area contributed by atoms with Crippen LogP contribution in [0.5, 0.6) is 5.75 Å². The van der Waals surface area contributed by atoms with Crippen LogP contribution in [0.15, 0.2) is 24.4 Å². The number of ether oxygens (including phenoxy) is 1. The third-order valence-electron chi connectivity index (χ3n) is 3.29. The fourth-order valence-corrected chi connectivity index (χ4v) is 2.26. The Kier molecular flexibility index (Phi) is 3.87. The topological polar surface area (TPSA) is 65.1 Å². The number of aromatic nitrogens is 2. The summed E-state index contributed by atoms with van der Waals surface area (Å²) in [5.74, 6) is 6.59. The summed E-state index contributed by atoms with van der Waals surface area (Å²) in [6, 6.07) is 5.96. The molecule has 5 nitrogen and oxygen atoms in total. The molecule has 0 amide bonds. The molecule has 1 atom stereocenters. The summed E-state index contributed by atoms with van der Waals surface area (Å²) in [6.45, 7) is 4.07. The Labute approximate surface area is 113 Å². The monoisotopic (exact) mass is 260 g/mol. The fraction of sp³-hybridized carbons (Fsp3) is 0.357. The van der Waals surface area contributed by atoms with E-state index in [9.17, 15) is 0 Å². The molecule has 0 saturated carbocycles. The van der Waals surface area contributed by atoms with E-state index in [0.29, 0.717) is 0 Å². The Hall–Kier alpha value is -1.85. The zero-order chi connectivity index (χ0) is 14.0. The molecule has 0 spiro atoms. The van der Waals surface area contributed by atoms with Crippen molar-refractivity contribution in [3.8, 4) is 5.75 Å². The maximum Gasteiger partial charge on any atom is 0.122 e. The highest BCUT2D eigenvalue weighted by molar-refractivity contribution is 5.44. The van der Waals surface area contributed by atoms with Gasteiger partial charge in [0.1, 0.15) is 5.75 Å². The van der Waals surface area contributed by atoms with E-state index in [1.165, 1.54) is 0 Å². The molecule has 1 aromatic heterocycles. The quantitative estimate of drug-likeness (QED) is 0.647. The summed E-state index contributed by atoms with van der Waals surface area (Å²) < 4.78 is 7.10. The number of hydrogen-bond donors (Lipinski definition) is 2. The van der Waals surface area contributed by atoms with Gasteiger partial charge in [0.2, 0.25) is 0 Å². The average molecular weight is 260 g/mol. The van der Waals surface area contributed by atoms with Gasteiger partial charge in [0, 0.05) is 13.2 Å². The van der Waals surface area contributed by atoms with Gasteiger partial charge >= 0.3 is 0 Å². The number of aryl methyl sites for hydroxylation is 3. The highest BCUT2D eigenvalue weighted by Gasteiger charge is 2.18. The molecule has 1 unspecified atom stereocenters. The summed E-state index contributed by atoms with van der Waals surface area (Å²) in [5, 5.41) is 4.41. The highest BCUT2D eigenvalue weighted by atomic mass is 16.5. The summed E-state index contributed by atoms with van der Waals surface area (Å²) in [5.41, 5.74) is 7.05. The SMILES string of the molecule is COc1cc(C)c(C(NN)c2ccn(C)n2)cc1C. The van der Waals surface area contributed by atoms with Gasteiger partial charge in [0.15, 0.2) is 0 Å². The summed E-state index contributed by atoms with van der Waals surface area (Å²) in [6.07, 6.45) is 1.91. The van der Waals surface area contributed by atoms with Crippen molar-refractivity contribution in [2.24, 2.45) is 12.9 Å². The van der Waals surface area contributed by atoms with Crippen LogP contribution in [-0.4, -0.2) is 16.9 Å². The van der Waals surface area contributed by atoms with Crippen molar-refractivity contribution in [3.05, 3.63) is 46.8 Å². The Morgan fingerprint density at radius 1 is 1.32 bits per heavy atom. The van der Waals surface area contributed by atoms with Crippen LogP contribution in [0, 0.1) is 13.8 Å². The van der Waals surface area contributed by atoms with E-state index >= 15 is 0 Å². The molecular weight excluding hydrogens is 240 g/mol. The van der Waals surface area contributed by atoms with E-state index in [-0.39, 0.29) is 6.04 Å². The number of methoxy groups -OCH3 is 1. The predicted octanol–water partition coefficient (Wildman–Crippen LogP) is 1.60. The number of hydrogen-bond acceptors (Lipinski definition) is 4. The van der Waals surface area contributed by atoms with Gasteiger partial charge in [-0.25, -0.2) is 5.43 Å². The number of nitrogens with zero attached hydrogens (tertiary/aromatic N) is 2. The minimum Gasteiger partial charge on any atom is -0.496 e. The molecule has 1 heterocycles. The minimum atomic E-state index is -0.120. The molecule has 0 aliphatic rings. The smallest absolute Gasteiger partial charge is 0.122 e. The molecule has 1 aromatic carbocycles. The van der Waals surface area contributed by atoms with Crippen LogP contribution >= 0.6 is 0 Å². The van der Waals surface area contributed by atoms with Crippen molar-refractivity contribution in [1.82, 2.24) is 15.2 Å². The van der Waals surface area contributed by atoms with Crippen molar-refractivity contribution in [2.45, 2.75) is 19.9 Å². The molecule has 5 heteroatoms. The molecule has 0 aliphatic carbocycles. The predicted molar refractivity (Wildman–Crippen MR) is 74.8 cm³/mol. The first-order valence-electron chi connectivity index (χ1n) is 6.17. The lowest BCUT2D eigenvalue weighted by Gasteiger charge is -2.18. The maximum absolute atomic E-state index is 5.71. The lowest BCUT2D eigenvalue weighted by Crippen LogP contribution is -2.30. The molecule has 0 bridgehead atoms. The molecule has 2 aromatic rings. The lowest BCUT2D eigenvalue weighted by atomic mass is 9.96. The Morgan fingerprint density at radius 2 is 2.05 bits per heavy atom. The molecule has 0 fully saturated rings. The fourth-order valence-electron chi connectivity index (χ4n) is 2.26. The van der Waals surface area contributed by atoms with E-state index in [1.54, 1.807) is 11.8 Å². The van der Waals surface area contributed by atoms with Gasteiger partial charge in [-0.2, -0.15) is 5.10 Å². The summed E-state index contributed by atoms with van der Waals surface area (Å²) in [7, 11) is 3.57. The highest BCUT2D eigenvalue weighted by Crippen LogP contribution is 2.29. The van der Waals surface area contributed by atoms with Gasteiger partial charge in [-0.1, -0.05) is 6.07 Å². The molecule has 0 saturated heterocycles. The van der Waals surface area contributed by atoms with Gasteiger partial charge in [-0.3, -0.25) is 10.5 Å². The van der Waals surface area contributed by atoms with Gasteiger partial charge in [-0.15, -0.1) is 0 Å². The summed E-state index contributed by atoms with van der Waals surface area (Å²) in [4.78, 5) is 0. The zero-order valence-corrected chi connectivity index (χ0v) is 11.8. The standard InChI is InChI=1S/C14H20N4O/c1-9-8-13(19-4)10(2)7-11(9)14(16-15)12-5-6-18(3)17-12/h5-8,14,16H,15H2,1-4H3. The Balaban J connectivity index is 2.47. The molecule has 2 rings (SSSR count). The normalized spacial score (nSPS) is 12.5. The maximum atomic E-state index is 5.71. The van der Waals surface area contributed by atoms with Crippen LogP contribution < -0.4 is 16.0 Å². The number of nitrogens with two attached hydrogens (primary N) is 1. The van der Waals surface area contributed by atoms with Crippen molar-refractivity contribution < 1.29 is 4.74 Å². The third kappa shape index (κ3) is 2.62. The van der Waals surface area contributed by atoms with Crippen LogP contribution in [0.3, 0.4) is 0 Å². The second-order valence-electron chi connectivity index (χ2n) is 4.69. The first-order chi connectivity index (χ1) is 9.06. The Bertz CT molecular complexity index is 577. The number of hydrazine groups is 1. The summed E-state index contributed by atoms with van der Waals surface area (Å²) >= 11 is 0.